The van der Waals surface area contributed by atoms with Crippen molar-refractivity contribution in [2.45, 2.75) is 32.2 Å². The standard InChI is InChI=1S/C10H21N3S/c1-3-6-13-7-4-9(5-8-13)12-10(14)11-2/h9H,3-8H2,1-2H3,(H2,11,12,14). The average Bonchev–Trinajstić information content (AvgIpc) is 2.21. The van der Waals surface area contributed by atoms with E-state index in [9.17, 15) is 0 Å². The molecule has 1 saturated heterocycles. The van der Waals surface area contributed by atoms with Crippen molar-refractivity contribution in [3.8, 4) is 0 Å². The fourth-order valence-electron chi connectivity index (χ4n) is 1.87. The first-order valence-corrected chi connectivity index (χ1v) is 5.87. The molecule has 1 fully saturated rings. The van der Waals surface area contributed by atoms with Crippen LogP contribution in [0.3, 0.4) is 0 Å². The highest BCUT2D eigenvalue weighted by Crippen LogP contribution is 2.10. The quantitative estimate of drug-likeness (QED) is 0.686. The second-order valence-corrected chi connectivity index (χ2v) is 4.25. The number of likely N-dealkylation sites (tertiary alicyclic amines) is 1. The van der Waals surface area contributed by atoms with Gasteiger partial charge in [-0.05, 0) is 38.0 Å². The first-order chi connectivity index (χ1) is 6.76. The van der Waals surface area contributed by atoms with Gasteiger partial charge in [-0.3, -0.25) is 0 Å². The summed E-state index contributed by atoms with van der Waals surface area (Å²) in [5.74, 6) is 0. The Labute approximate surface area is 92.2 Å². The van der Waals surface area contributed by atoms with E-state index >= 15 is 0 Å². The smallest absolute Gasteiger partial charge is 0.166 e. The Balaban J connectivity index is 2.18. The zero-order valence-corrected chi connectivity index (χ0v) is 9.99. The van der Waals surface area contributed by atoms with E-state index in [4.69, 9.17) is 12.2 Å². The molecule has 0 aromatic rings. The maximum atomic E-state index is 5.08. The van der Waals surface area contributed by atoms with Gasteiger partial charge in [0.1, 0.15) is 0 Å². The fraction of sp³-hybridized carbons (Fsp3) is 0.900. The number of hydrogen-bond acceptors (Lipinski definition) is 2. The van der Waals surface area contributed by atoms with Crippen molar-refractivity contribution in [1.82, 2.24) is 15.5 Å². The van der Waals surface area contributed by atoms with Gasteiger partial charge in [-0.25, -0.2) is 0 Å². The van der Waals surface area contributed by atoms with Gasteiger partial charge in [0.25, 0.3) is 0 Å². The van der Waals surface area contributed by atoms with Gasteiger partial charge in [-0.2, -0.15) is 0 Å². The van der Waals surface area contributed by atoms with E-state index < -0.39 is 0 Å². The van der Waals surface area contributed by atoms with Gasteiger partial charge >= 0.3 is 0 Å². The lowest BCUT2D eigenvalue weighted by Gasteiger charge is -2.32. The van der Waals surface area contributed by atoms with Crippen molar-refractivity contribution in [3.05, 3.63) is 0 Å². The number of thiocarbonyl (C=S) groups is 1. The molecular weight excluding hydrogens is 194 g/mol. The third kappa shape index (κ3) is 3.80. The number of hydrogen-bond donors (Lipinski definition) is 2. The van der Waals surface area contributed by atoms with Crippen molar-refractivity contribution in [1.29, 1.82) is 0 Å². The molecule has 0 amide bonds. The predicted octanol–water partition coefficient (Wildman–Crippen LogP) is 0.955. The molecule has 0 saturated carbocycles. The van der Waals surface area contributed by atoms with Crippen LogP contribution in [-0.4, -0.2) is 42.7 Å². The molecule has 1 aliphatic rings. The molecule has 0 radical (unpaired) electrons. The highest BCUT2D eigenvalue weighted by Gasteiger charge is 2.18. The summed E-state index contributed by atoms with van der Waals surface area (Å²) in [7, 11) is 1.86. The lowest BCUT2D eigenvalue weighted by molar-refractivity contribution is 0.206. The van der Waals surface area contributed by atoms with E-state index in [1.54, 1.807) is 0 Å². The predicted molar refractivity (Wildman–Crippen MR) is 64.5 cm³/mol. The summed E-state index contributed by atoms with van der Waals surface area (Å²) in [4.78, 5) is 2.53. The molecule has 2 N–H and O–H groups in total. The van der Waals surface area contributed by atoms with Gasteiger partial charge < -0.3 is 15.5 Å². The van der Waals surface area contributed by atoms with Crippen molar-refractivity contribution in [2.24, 2.45) is 0 Å². The fourth-order valence-corrected chi connectivity index (χ4v) is 2.04. The molecule has 0 aromatic heterocycles. The van der Waals surface area contributed by atoms with Crippen LogP contribution in [0.2, 0.25) is 0 Å². The van der Waals surface area contributed by atoms with Crippen LogP contribution in [0.4, 0.5) is 0 Å². The number of nitrogens with zero attached hydrogens (tertiary/aromatic N) is 1. The van der Waals surface area contributed by atoms with Gasteiger partial charge in [0.2, 0.25) is 0 Å². The molecule has 0 aliphatic carbocycles. The van der Waals surface area contributed by atoms with Crippen LogP contribution in [0.1, 0.15) is 26.2 Å². The second kappa shape index (κ2) is 6.19. The van der Waals surface area contributed by atoms with E-state index in [0.29, 0.717) is 6.04 Å². The van der Waals surface area contributed by atoms with Gasteiger partial charge in [-0.1, -0.05) is 6.92 Å². The van der Waals surface area contributed by atoms with Gasteiger partial charge in [0, 0.05) is 26.2 Å². The minimum Gasteiger partial charge on any atom is -0.366 e. The normalized spacial score (nSPS) is 19.3. The Hall–Kier alpha value is -0.350. The van der Waals surface area contributed by atoms with E-state index in [1.807, 2.05) is 7.05 Å². The maximum Gasteiger partial charge on any atom is 0.166 e. The van der Waals surface area contributed by atoms with Crippen LogP contribution in [0.25, 0.3) is 0 Å². The topological polar surface area (TPSA) is 27.3 Å². The van der Waals surface area contributed by atoms with E-state index in [-0.39, 0.29) is 0 Å². The molecule has 82 valence electrons. The number of nitrogens with one attached hydrogen (secondary N) is 2. The highest BCUT2D eigenvalue weighted by molar-refractivity contribution is 7.80. The van der Waals surface area contributed by atoms with E-state index in [0.717, 1.165) is 5.11 Å². The molecule has 14 heavy (non-hydrogen) atoms. The minimum atomic E-state index is 0.572. The minimum absolute atomic E-state index is 0.572. The first-order valence-electron chi connectivity index (χ1n) is 5.47. The largest absolute Gasteiger partial charge is 0.366 e. The Morgan fingerprint density at radius 1 is 1.43 bits per heavy atom. The Morgan fingerprint density at radius 2 is 2.07 bits per heavy atom. The first kappa shape index (κ1) is 11.7. The molecule has 0 aromatic carbocycles. The van der Waals surface area contributed by atoms with Crippen LogP contribution in [0.15, 0.2) is 0 Å². The SMILES string of the molecule is CCCN1CCC(NC(=S)NC)CC1. The molecular formula is C10H21N3S. The van der Waals surface area contributed by atoms with E-state index in [1.165, 1.54) is 38.9 Å². The Morgan fingerprint density at radius 3 is 2.57 bits per heavy atom. The monoisotopic (exact) mass is 215 g/mol. The average molecular weight is 215 g/mol. The molecule has 0 unspecified atom stereocenters. The summed E-state index contributed by atoms with van der Waals surface area (Å²) in [5, 5.41) is 7.06. The lowest BCUT2D eigenvalue weighted by atomic mass is 10.1. The second-order valence-electron chi connectivity index (χ2n) is 3.84. The third-order valence-electron chi connectivity index (χ3n) is 2.69. The maximum absolute atomic E-state index is 5.08. The zero-order chi connectivity index (χ0) is 10.4. The molecule has 1 rings (SSSR count). The van der Waals surface area contributed by atoms with Crippen molar-refractivity contribution < 1.29 is 0 Å². The zero-order valence-electron chi connectivity index (χ0n) is 9.18. The number of rotatable bonds is 3. The summed E-state index contributed by atoms with van der Waals surface area (Å²) >= 11 is 5.08. The molecule has 0 atom stereocenters. The molecule has 0 spiro atoms. The Kier molecular flexibility index (Phi) is 5.19. The van der Waals surface area contributed by atoms with Crippen molar-refractivity contribution >= 4 is 17.3 Å². The number of piperidine rings is 1. The Bertz CT molecular complexity index is 176. The van der Waals surface area contributed by atoms with Crippen molar-refractivity contribution in [3.63, 3.8) is 0 Å². The van der Waals surface area contributed by atoms with Crippen LogP contribution >= 0.6 is 12.2 Å². The van der Waals surface area contributed by atoms with Gasteiger partial charge in [0.15, 0.2) is 5.11 Å². The summed E-state index contributed by atoms with van der Waals surface area (Å²) in [6, 6.07) is 0.572. The van der Waals surface area contributed by atoms with Crippen LogP contribution < -0.4 is 10.6 Å². The van der Waals surface area contributed by atoms with Crippen LogP contribution in [0, 0.1) is 0 Å². The summed E-state index contributed by atoms with van der Waals surface area (Å²) in [6.45, 7) is 5.89. The van der Waals surface area contributed by atoms with Crippen LogP contribution in [-0.2, 0) is 0 Å². The van der Waals surface area contributed by atoms with Crippen LogP contribution in [0.5, 0.6) is 0 Å². The third-order valence-corrected chi connectivity index (χ3v) is 3.01. The molecule has 1 heterocycles. The van der Waals surface area contributed by atoms with Gasteiger partial charge in [0.05, 0.1) is 0 Å². The summed E-state index contributed by atoms with van der Waals surface area (Å²) < 4.78 is 0. The molecule has 1 aliphatic heterocycles. The molecule has 4 heteroatoms. The van der Waals surface area contributed by atoms with Crippen molar-refractivity contribution in [2.75, 3.05) is 26.7 Å². The highest BCUT2D eigenvalue weighted by atomic mass is 32.1. The van der Waals surface area contributed by atoms with E-state index in [2.05, 4.69) is 22.5 Å². The molecule has 0 bridgehead atoms. The molecule has 3 nitrogen and oxygen atoms in total. The summed E-state index contributed by atoms with van der Waals surface area (Å²) in [5.41, 5.74) is 0. The van der Waals surface area contributed by atoms with Gasteiger partial charge in [-0.15, -0.1) is 0 Å². The lowest BCUT2D eigenvalue weighted by Crippen LogP contribution is -2.47. The summed E-state index contributed by atoms with van der Waals surface area (Å²) in [6.07, 6.45) is 3.68.